The van der Waals surface area contributed by atoms with Crippen molar-refractivity contribution in [2.24, 2.45) is 0 Å². The van der Waals surface area contributed by atoms with E-state index in [4.69, 9.17) is 9.47 Å². The van der Waals surface area contributed by atoms with Gasteiger partial charge in [0.1, 0.15) is 0 Å². The van der Waals surface area contributed by atoms with E-state index in [-0.39, 0.29) is 0 Å². The molecule has 1 rings (SSSR count). The van der Waals surface area contributed by atoms with E-state index >= 15 is 0 Å². The minimum atomic E-state index is 0.649. The standard InChI is InChI=1S/C10H16N2O2/c1-13-7-6-11-8-9-4-3-5-10(12-9)14-2/h3-5,11H,6-8H2,1-2H3. The fraction of sp³-hybridized carbons (Fsp3) is 0.500. The van der Waals surface area contributed by atoms with E-state index in [1.54, 1.807) is 14.2 Å². The Bertz CT molecular complexity index is 266. The SMILES string of the molecule is COCCNCc1cccc(OC)n1. The van der Waals surface area contributed by atoms with Crippen molar-refractivity contribution in [1.82, 2.24) is 10.3 Å². The highest BCUT2D eigenvalue weighted by molar-refractivity contribution is 5.15. The molecule has 0 saturated carbocycles. The van der Waals surface area contributed by atoms with E-state index in [1.165, 1.54) is 0 Å². The van der Waals surface area contributed by atoms with Crippen LogP contribution in [0.1, 0.15) is 5.69 Å². The van der Waals surface area contributed by atoms with Crippen LogP contribution < -0.4 is 10.1 Å². The van der Waals surface area contributed by atoms with Gasteiger partial charge in [0.25, 0.3) is 0 Å². The molecule has 14 heavy (non-hydrogen) atoms. The van der Waals surface area contributed by atoms with Crippen LogP contribution >= 0.6 is 0 Å². The number of ether oxygens (including phenoxy) is 2. The monoisotopic (exact) mass is 196 g/mol. The average Bonchev–Trinajstić information content (AvgIpc) is 2.25. The Labute approximate surface area is 84.3 Å². The van der Waals surface area contributed by atoms with Gasteiger partial charge in [-0.05, 0) is 6.07 Å². The third-order valence-electron chi connectivity index (χ3n) is 1.78. The first-order valence-corrected chi connectivity index (χ1v) is 4.56. The van der Waals surface area contributed by atoms with Crippen molar-refractivity contribution in [1.29, 1.82) is 0 Å². The first-order chi connectivity index (χ1) is 6.86. The lowest BCUT2D eigenvalue weighted by Crippen LogP contribution is -2.19. The number of nitrogens with one attached hydrogen (secondary N) is 1. The Morgan fingerprint density at radius 3 is 2.93 bits per heavy atom. The average molecular weight is 196 g/mol. The van der Waals surface area contributed by atoms with Crippen LogP contribution in [-0.2, 0) is 11.3 Å². The highest BCUT2D eigenvalue weighted by Crippen LogP contribution is 2.05. The molecule has 0 unspecified atom stereocenters. The summed E-state index contributed by atoms with van der Waals surface area (Å²) in [5.41, 5.74) is 0.973. The molecule has 0 fully saturated rings. The smallest absolute Gasteiger partial charge is 0.213 e. The number of pyridine rings is 1. The van der Waals surface area contributed by atoms with E-state index < -0.39 is 0 Å². The summed E-state index contributed by atoms with van der Waals surface area (Å²) in [6.07, 6.45) is 0. The fourth-order valence-corrected chi connectivity index (χ4v) is 1.06. The van der Waals surface area contributed by atoms with Gasteiger partial charge in [0, 0.05) is 26.3 Å². The summed E-state index contributed by atoms with van der Waals surface area (Å²) < 4.78 is 9.94. The maximum Gasteiger partial charge on any atom is 0.213 e. The number of rotatable bonds is 6. The molecule has 0 aliphatic rings. The molecule has 0 spiro atoms. The summed E-state index contributed by atoms with van der Waals surface area (Å²) in [5, 5.41) is 3.21. The Morgan fingerprint density at radius 1 is 1.36 bits per heavy atom. The minimum absolute atomic E-state index is 0.649. The number of methoxy groups -OCH3 is 2. The molecule has 1 aromatic heterocycles. The van der Waals surface area contributed by atoms with E-state index in [9.17, 15) is 0 Å². The first kappa shape index (κ1) is 10.9. The second kappa shape index (κ2) is 6.34. The molecule has 1 heterocycles. The molecule has 0 aromatic carbocycles. The Kier molecular flexibility index (Phi) is 4.96. The molecule has 0 bridgehead atoms. The molecule has 1 N–H and O–H groups in total. The van der Waals surface area contributed by atoms with Crippen LogP contribution in [0.25, 0.3) is 0 Å². The van der Waals surface area contributed by atoms with Crippen LogP contribution in [0, 0.1) is 0 Å². The lowest BCUT2D eigenvalue weighted by atomic mass is 10.3. The lowest BCUT2D eigenvalue weighted by molar-refractivity contribution is 0.199. The van der Waals surface area contributed by atoms with Gasteiger partial charge in [0.05, 0.1) is 19.4 Å². The van der Waals surface area contributed by atoms with Gasteiger partial charge in [-0.2, -0.15) is 0 Å². The van der Waals surface area contributed by atoms with Gasteiger partial charge >= 0.3 is 0 Å². The largest absolute Gasteiger partial charge is 0.481 e. The molecule has 0 aliphatic heterocycles. The van der Waals surface area contributed by atoms with E-state index in [0.717, 1.165) is 18.8 Å². The van der Waals surface area contributed by atoms with E-state index in [0.29, 0.717) is 12.5 Å². The van der Waals surface area contributed by atoms with Gasteiger partial charge in [-0.15, -0.1) is 0 Å². The van der Waals surface area contributed by atoms with Crippen molar-refractivity contribution in [2.45, 2.75) is 6.54 Å². The van der Waals surface area contributed by atoms with Crippen molar-refractivity contribution in [2.75, 3.05) is 27.4 Å². The molecule has 4 heteroatoms. The summed E-state index contributed by atoms with van der Waals surface area (Å²) in [5.74, 6) is 0.649. The third-order valence-corrected chi connectivity index (χ3v) is 1.78. The van der Waals surface area contributed by atoms with Gasteiger partial charge in [-0.1, -0.05) is 6.07 Å². The molecule has 0 radical (unpaired) electrons. The van der Waals surface area contributed by atoms with Gasteiger partial charge in [0.15, 0.2) is 0 Å². The highest BCUT2D eigenvalue weighted by Gasteiger charge is 1.96. The Morgan fingerprint density at radius 2 is 2.21 bits per heavy atom. The van der Waals surface area contributed by atoms with Crippen LogP contribution in [0.15, 0.2) is 18.2 Å². The summed E-state index contributed by atoms with van der Waals surface area (Å²) in [4.78, 5) is 4.26. The quantitative estimate of drug-likeness (QED) is 0.684. The number of hydrogen-bond donors (Lipinski definition) is 1. The van der Waals surface area contributed by atoms with E-state index in [2.05, 4.69) is 10.3 Å². The molecule has 0 aliphatic carbocycles. The molecule has 78 valence electrons. The fourth-order valence-electron chi connectivity index (χ4n) is 1.06. The molecule has 0 saturated heterocycles. The van der Waals surface area contributed by atoms with Crippen LogP contribution in [0.3, 0.4) is 0 Å². The number of hydrogen-bond acceptors (Lipinski definition) is 4. The van der Waals surface area contributed by atoms with Crippen molar-refractivity contribution >= 4 is 0 Å². The predicted molar refractivity (Wildman–Crippen MR) is 54.4 cm³/mol. The Balaban J connectivity index is 2.34. The van der Waals surface area contributed by atoms with Crippen LogP contribution in [0.2, 0.25) is 0 Å². The summed E-state index contributed by atoms with van der Waals surface area (Å²) in [6, 6.07) is 5.72. The second-order valence-electron chi connectivity index (χ2n) is 2.84. The molecular weight excluding hydrogens is 180 g/mol. The Hall–Kier alpha value is -1.13. The van der Waals surface area contributed by atoms with Crippen molar-refractivity contribution in [3.05, 3.63) is 23.9 Å². The van der Waals surface area contributed by atoms with Crippen LogP contribution in [0.5, 0.6) is 5.88 Å². The summed E-state index contributed by atoms with van der Waals surface area (Å²) in [7, 11) is 3.30. The molecular formula is C10H16N2O2. The topological polar surface area (TPSA) is 43.4 Å². The number of nitrogens with zero attached hydrogens (tertiary/aromatic N) is 1. The third kappa shape index (κ3) is 3.72. The molecule has 4 nitrogen and oxygen atoms in total. The zero-order valence-electron chi connectivity index (χ0n) is 8.62. The molecule has 1 aromatic rings. The minimum Gasteiger partial charge on any atom is -0.481 e. The molecule has 0 atom stereocenters. The van der Waals surface area contributed by atoms with Crippen LogP contribution in [0.4, 0.5) is 0 Å². The first-order valence-electron chi connectivity index (χ1n) is 4.56. The van der Waals surface area contributed by atoms with Gasteiger partial charge in [-0.3, -0.25) is 0 Å². The van der Waals surface area contributed by atoms with E-state index in [1.807, 2.05) is 18.2 Å². The normalized spacial score (nSPS) is 10.1. The van der Waals surface area contributed by atoms with Gasteiger partial charge < -0.3 is 14.8 Å². The van der Waals surface area contributed by atoms with Gasteiger partial charge in [-0.25, -0.2) is 4.98 Å². The lowest BCUT2D eigenvalue weighted by Gasteiger charge is -2.04. The zero-order valence-corrected chi connectivity index (χ0v) is 8.62. The maximum absolute atomic E-state index is 5.02. The predicted octanol–water partition coefficient (Wildman–Crippen LogP) is 0.826. The van der Waals surface area contributed by atoms with Crippen molar-refractivity contribution in [3.8, 4) is 5.88 Å². The number of aromatic nitrogens is 1. The van der Waals surface area contributed by atoms with Crippen molar-refractivity contribution < 1.29 is 9.47 Å². The summed E-state index contributed by atoms with van der Waals surface area (Å²) in [6.45, 7) is 2.28. The van der Waals surface area contributed by atoms with Gasteiger partial charge in [0.2, 0.25) is 5.88 Å². The van der Waals surface area contributed by atoms with Crippen molar-refractivity contribution in [3.63, 3.8) is 0 Å². The highest BCUT2D eigenvalue weighted by atomic mass is 16.5. The molecule has 0 amide bonds. The van der Waals surface area contributed by atoms with Crippen LogP contribution in [-0.4, -0.2) is 32.4 Å². The summed E-state index contributed by atoms with van der Waals surface area (Å²) >= 11 is 0. The second-order valence-corrected chi connectivity index (χ2v) is 2.84. The maximum atomic E-state index is 5.02. The zero-order chi connectivity index (χ0) is 10.2.